The molecule has 3 heteroatoms. The van der Waals surface area contributed by atoms with Crippen LogP contribution < -0.4 is 10.2 Å². The van der Waals surface area contributed by atoms with Gasteiger partial charge in [0.1, 0.15) is 0 Å². The number of nitrogens with zero attached hydrogens (tertiary/aromatic N) is 1. The SMILES string of the molecule is C[C@@H](Cc1ccc(N(C)C)cc1)NC(=O)C[C@@H]1C=CCC1. The molecule has 2 atom stereocenters. The van der Waals surface area contributed by atoms with Crippen LogP contribution in [0.5, 0.6) is 0 Å². The molecule has 2 rings (SSSR count). The summed E-state index contributed by atoms with van der Waals surface area (Å²) in [6, 6.07) is 8.68. The van der Waals surface area contributed by atoms with E-state index >= 15 is 0 Å². The Bertz CT molecular complexity index is 490. The molecule has 0 fully saturated rings. The maximum atomic E-state index is 12.0. The van der Waals surface area contributed by atoms with Gasteiger partial charge in [-0.3, -0.25) is 4.79 Å². The second kappa shape index (κ2) is 7.30. The standard InChI is InChI=1S/C18H26N2O/c1-14(19-18(21)13-15-6-4-5-7-15)12-16-8-10-17(11-9-16)20(2)3/h4,6,8-11,14-15H,5,7,12-13H2,1-3H3,(H,19,21)/t14-,15+/m0/s1. The molecule has 0 unspecified atom stereocenters. The number of allylic oxidation sites excluding steroid dienone is 2. The van der Waals surface area contributed by atoms with E-state index in [2.05, 4.69) is 53.6 Å². The molecule has 1 aliphatic rings. The van der Waals surface area contributed by atoms with E-state index in [4.69, 9.17) is 0 Å². The topological polar surface area (TPSA) is 32.3 Å². The lowest BCUT2D eigenvalue weighted by Crippen LogP contribution is -2.34. The zero-order valence-electron chi connectivity index (χ0n) is 13.3. The molecule has 0 aliphatic heterocycles. The average molecular weight is 286 g/mol. The van der Waals surface area contributed by atoms with E-state index in [1.165, 1.54) is 11.3 Å². The van der Waals surface area contributed by atoms with E-state index in [9.17, 15) is 4.79 Å². The highest BCUT2D eigenvalue weighted by molar-refractivity contribution is 5.76. The predicted molar refractivity (Wildman–Crippen MR) is 88.6 cm³/mol. The Kier molecular flexibility index (Phi) is 5.43. The van der Waals surface area contributed by atoms with Crippen LogP contribution >= 0.6 is 0 Å². The third kappa shape index (κ3) is 4.92. The van der Waals surface area contributed by atoms with Crippen molar-refractivity contribution in [1.82, 2.24) is 5.32 Å². The first-order valence-electron chi connectivity index (χ1n) is 7.77. The monoisotopic (exact) mass is 286 g/mol. The molecule has 21 heavy (non-hydrogen) atoms. The van der Waals surface area contributed by atoms with Gasteiger partial charge in [-0.15, -0.1) is 0 Å². The van der Waals surface area contributed by atoms with Crippen LogP contribution in [0.2, 0.25) is 0 Å². The molecule has 1 N–H and O–H groups in total. The number of anilines is 1. The van der Waals surface area contributed by atoms with Crippen molar-refractivity contribution < 1.29 is 4.79 Å². The first-order valence-corrected chi connectivity index (χ1v) is 7.77. The second-order valence-corrected chi connectivity index (χ2v) is 6.20. The fraction of sp³-hybridized carbons (Fsp3) is 0.500. The van der Waals surface area contributed by atoms with E-state index in [0.717, 1.165) is 19.3 Å². The Hall–Kier alpha value is -1.77. The Morgan fingerprint density at radius 1 is 1.33 bits per heavy atom. The summed E-state index contributed by atoms with van der Waals surface area (Å²) in [7, 11) is 4.07. The molecule has 0 heterocycles. The van der Waals surface area contributed by atoms with Crippen molar-refractivity contribution in [2.24, 2.45) is 5.92 Å². The van der Waals surface area contributed by atoms with Gasteiger partial charge in [0.15, 0.2) is 0 Å². The van der Waals surface area contributed by atoms with Gasteiger partial charge in [0.2, 0.25) is 5.91 Å². The molecule has 0 saturated heterocycles. The third-order valence-electron chi connectivity index (χ3n) is 3.96. The van der Waals surface area contributed by atoms with Gasteiger partial charge < -0.3 is 10.2 Å². The highest BCUT2D eigenvalue weighted by Crippen LogP contribution is 2.20. The number of hydrogen-bond acceptors (Lipinski definition) is 2. The van der Waals surface area contributed by atoms with E-state index in [0.29, 0.717) is 12.3 Å². The van der Waals surface area contributed by atoms with Gasteiger partial charge in [-0.2, -0.15) is 0 Å². The van der Waals surface area contributed by atoms with Crippen LogP contribution in [-0.4, -0.2) is 26.0 Å². The molecule has 0 radical (unpaired) electrons. The average Bonchev–Trinajstić information content (AvgIpc) is 2.91. The zero-order chi connectivity index (χ0) is 15.2. The van der Waals surface area contributed by atoms with Crippen molar-refractivity contribution in [3.05, 3.63) is 42.0 Å². The van der Waals surface area contributed by atoms with Crippen LogP contribution in [0.1, 0.15) is 31.7 Å². The lowest BCUT2D eigenvalue weighted by Gasteiger charge is -2.17. The van der Waals surface area contributed by atoms with E-state index in [1.54, 1.807) is 0 Å². The maximum Gasteiger partial charge on any atom is 0.220 e. The van der Waals surface area contributed by atoms with Gasteiger partial charge in [-0.05, 0) is 49.8 Å². The molecular formula is C18H26N2O. The summed E-state index contributed by atoms with van der Waals surface area (Å²) in [5.74, 6) is 0.612. The number of carbonyl (C=O) groups excluding carboxylic acids is 1. The summed E-state index contributed by atoms with van der Waals surface area (Å²) >= 11 is 0. The lowest BCUT2D eigenvalue weighted by atomic mass is 10.0. The highest BCUT2D eigenvalue weighted by Gasteiger charge is 2.15. The summed E-state index contributed by atoms with van der Waals surface area (Å²) in [5, 5.41) is 3.11. The molecule has 1 aliphatic carbocycles. The number of nitrogens with one attached hydrogen (secondary N) is 1. The molecular weight excluding hydrogens is 260 g/mol. The molecule has 3 nitrogen and oxygen atoms in total. The normalized spacial score (nSPS) is 18.5. The van der Waals surface area contributed by atoms with Crippen molar-refractivity contribution in [3.63, 3.8) is 0 Å². The highest BCUT2D eigenvalue weighted by atomic mass is 16.1. The fourth-order valence-electron chi connectivity index (χ4n) is 2.77. The number of carbonyl (C=O) groups is 1. The third-order valence-corrected chi connectivity index (χ3v) is 3.96. The van der Waals surface area contributed by atoms with Crippen LogP contribution in [0.15, 0.2) is 36.4 Å². The summed E-state index contributed by atoms with van der Waals surface area (Å²) < 4.78 is 0. The van der Waals surface area contributed by atoms with Gasteiger partial charge in [-0.1, -0.05) is 24.3 Å². The molecule has 0 aromatic heterocycles. The molecule has 0 saturated carbocycles. The summed E-state index contributed by atoms with van der Waals surface area (Å²) in [6.45, 7) is 2.07. The quantitative estimate of drug-likeness (QED) is 0.815. The number of benzene rings is 1. The van der Waals surface area contributed by atoms with Crippen LogP contribution in [0.25, 0.3) is 0 Å². The van der Waals surface area contributed by atoms with Crippen LogP contribution in [0.3, 0.4) is 0 Å². The van der Waals surface area contributed by atoms with Crippen molar-refractivity contribution in [1.29, 1.82) is 0 Å². The number of hydrogen-bond donors (Lipinski definition) is 1. The summed E-state index contributed by atoms with van der Waals surface area (Å²) in [4.78, 5) is 14.1. The van der Waals surface area contributed by atoms with Gasteiger partial charge in [0, 0.05) is 32.2 Å². The van der Waals surface area contributed by atoms with Crippen LogP contribution in [0, 0.1) is 5.92 Å². The van der Waals surface area contributed by atoms with Crippen molar-refractivity contribution in [3.8, 4) is 0 Å². The van der Waals surface area contributed by atoms with Gasteiger partial charge in [0.05, 0.1) is 0 Å². The molecule has 1 aromatic rings. The van der Waals surface area contributed by atoms with E-state index in [-0.39, 0.29) is 11.9 Å². The van der Waals surface area contributed by atoms with E-state index in [1.807, 2.05) is 14.1 Å². The molecule has 1 aromatic carbocycles. The minimum atomic E-state index is 0.170. The molecule has 114 valence electrons. The first-order chi connectivity index (χ1) is 10.0. The van der Waals surface area contributed by atoms with E-state index < -0.39 is 0 Å². The number of rotatable bonds is 6. The largest absolute Gasteiger partial charge is 0.378 e. The van der Waals surface area contributed by atoms with Crippen LogP contribution in [-0.2, 0) is 11.2 Å². The Morgan fingerprint density at radius 3 is 2.62 bits per heavy atom. The Labute approximate surface area is 128 Å². The summed E-state index contributed by atoms with van der Waals surface area (Å²) in [5.41, 5.74) is 2.46. The van der Waals surface area contributed by atoms with Gasteiger partial charge in [-0.25, -0.2) is 0 Å². The number of amides is 1. The Balaban J connectivity index is 1.79. The predicted octanol–water partition coefficient (Wildman–Crippen LogP) is 3.16. The Morgan fingerprint density at radius 2 is 2.05 bits per heavy atom. The maximum absolute atomic E-state index is 12.0. The first kappa shape index (κ1) is 15.6. The van der Waals surface area contributed by atoms with Crippen LogP contribution in [0.4, 0.5) is 5.69 Å². The molecule has 0 spiro atoms. The second-order valence-electron chi connectivity index (χ2n) is 6.20. The van der Waals surface area contributed by atoms with Crippen molar-refractivity contribution in [2.75, 3.05) is 19.0 Å². The fourth-order valence-corrected chi connectivity index (χ4v) is 2.77. The molecule has 1 amide bonds. The van der Waals surface area contributed by atoms with Gasteiger partial charge in [0.25, 0.3) is 0 Å². The summed E-state index contributed by atoms with van der Waals surface area (Å²) in [6.07, 6.45) is 8.08. The minimum Gasteiger partial charge on any atom is -0.378 e. The minimum absolute atomic E-state index is 0.170. The molecule has 0 bridgehead atoms. The smallest absolute Gasteiger partial charge is 0.220 e. The zero-order valence-corrected chi connectivity index (χ0v) is 13.3. The lowest BCUT2D eigenvalue weighted by molar-refractivity contribution is -0.122. The van der Waals surface area contributed by atoms with Crippen molar-refractivity contribution >= 4 is 11.6 Å². The van der Waals surface area contributed by atoms with Gasteiger partial charge >= 0.3 is 0 Å². The van der Waals surface area contributed by atoms with Crippen molar-refractivity contribution in [2.45, 2.75) is 38.6 Å².